The molecule has 1 rings (SSSR count). The van der Waals surface area contributed by atoms with Crippen molar-refractivity contribution >= 4 is 34.7 Å². The van der Waals surface area contributed by atoms with Gasteiger partial charge in [-0.15, -0.1) is 0 Å². The number of carbonyl (C=O) groups is 2. The third-order valence-electron chi connectivity index (χ3n) is 2.45. The number of hydrogen-bond acceptors (Lipinski definition) is 4. The van der Waals surface area contributed by atoms with E-state index in [-0.39, 0.29) is 12.2 Å². The number of rotatable bonds is 4. The number of hydrogen-bond donors (Lipinski definition) is 3. The average Bonchev–Trinajstić information content (AvgIpc) is 2.28. The summed E-state index contributed by atoms with van der Waals surface area (Å²) >= 11 is 2.00. The fraction of sp³-hybridized carbons (Fsp3) is 0.429. The van der Waals surface area contributed by atoms with Gasteiger partial charge in [-0.2, -0.15) is 0 Å². The molecule has 1 aromatic rings. The van der Waals surface area contributed by atoms with Crippen LogP contribution in [0.1, 0.15) is 26.3 Å². The van der Waals surface area contributed by atoms with Crippen LogP contribution in [-0.2, 0) is 16.0 Å². The zero-order valence-corrected chi connectivity index (χ0v) is 14.2. The lowest BCUT2D eigenvalue weighted by molar-refractivity contribution is -0.139. The van der Waals surface area contributed by atoms with Crippen LogP contribution in [0.25, 0.3) is 0 Å². The van der Waals surface area contributed by atoms with E-state index in [1.807, 2.05) is 22.6 Å². The van der Waals surface area contributed by atoms with Gasteiger partial charge in [0.2, 0.25) is 0 Å². The van der Waals surface area contributed by atoms with Gasteiger partial charge in [0.15, 0.2) is 0 Å². The molecule has 0 spiro atoms. The Morgan fingerprint density at radius 3 is 2.48 bits per heavy atom. The molecule has 21 heavy (non-hydrogen) atoms. The summed E-state index contributed by atoms with van der Waals surface area (Å²) in [5.74, 6) is -1.04. The summed E-state index contributed by atoms with van der Waals surface area (Å²) in [5, 5.41) is 20.9. The van der Waals surface area contributed by atoms with Crippen LogP contribution >= 0.6 is 22.6 Å². The number of nitrogens with one attached hydrogen (secondary N) is 1. The summed E-state index contributed by atoms with van der Waals surface area (Å²) in [7, 11) is 0. The third kappa shape index (κ3) is 6.19. The number of benzene rings is 1. The number of alkyl carbamates (subject to hydrolysis) is 1. The highest BCUT2D eigenvalue weighted by Crippen LogP contribution is 2.20. The van der Waals surface area contributed by atoms with Crippen LogP contribution < -0.4 is 5.32 Å². The second-order valence-electron chi connectivity index (χ2n) is 5.52. The zero-order valence-electron chi connectivity index (χ0n) is 12.0. The highest BCUT2D eigenvalue weighted by molar-refractivity contribution is 14.1. The van der Waals surface area contributed by atoms with Gasteiger partial charge in [0.25, 0.3) is 0 Å². The largest absolute Gasteiger partial charge is 0.508 e. The van der Waals surface area contributed by atoms with Crippen LogP contribution in [0.15, 0.2) is 18.2 Å². The number of amides is 1. The molecule has 0 saturated heterocycles. The molecule has 1 unspecified atom stereocenters. The van der Waals surface area contributed by atoms with Gasteiger partial charge in [-0.3, -0.25) is 0 Å². The molecule has 0 aromatic heterocycles. The first-order valence-electron chi connectivity index (χ1n) is 6.28. The molecule has 0 aliphatic rings. The summed E-state index contributed by atoms with van der Waals surface area (Å²) < 4.78 is 5.78. The van der Waals surface area contributed by atoms with Crippen molar-refractivity contribution in [3.63, 3.8) is 0 Å². The minimum Gasteiger partial charge on any atom is -0.508 e. The van der Waals surface area contributed by atoms with Gasteiger partial charge in [0.05, 0.1) is 0 Å². The van der Waals surface area contributed by atoms with Gasteiger partial charge in [0, 0.05) is 9.99 Å². The van der Waals surface area contributed by atoms with Crippen molar-refractivity contribution in [2.75, 3.05) is 0 Å². The molecule has 0 heterocycles. The summed E-state index contributed by atoms with van der Waals surface area (Å²) in [6.45, 7) is 5.10. The van der Waals surface area contributed by atoms with Crippen LogP contribution in [0.5, 0.6) is 5.75 Å². The number of halogens is 1. The number of aliphatic carboxylic acids is 1. The predicted molar refractivity (Wildman–Crippen MR) is 85.3 cm³/mol. The van der Waals surface area contributed by atoms with E-state index in [0.717, 1.165) is 9.13 Å². The van der Waals surface area contributed by atoms with E-state index >= 15 is 0 Å². The maximum atomic E-state index is 11.7. The first kappa shape index (κ1) is 17.5. The molecule has 1 amide bonds. The van der Waals surface area contributed by atoms with Gasteiger partial charge in [-0.1, -0.05) is 6.07 Å². The summed E-state index contributed by atoms with van der Waals surface area (Å²) in [6, 6.07) is 3.54. The van der Waals surface area contributed by atoms with Crippen molar-refractivity contribution < 1.29 is 24.5 Å². The van der Waals surface area contributed by atoms with E-state index in [0.29, 0.717) is 0 Å². The van der Waals surface area contributed by atoms with E-state index in [2.05, 4.69) is 5.32 Å². The van der Waals surface area contributed by atoms with E-state index < -0.39 is 23.7 Å². The molecule has 6 nitrogen and oxygen atoms in total. The number of phenolic OH excluding ortho intramolecular Hbond substituents is 1. The summed E-state index contributed by atoms with van der Waals surface area (Å²) in [5.41, 5.74) is 0.0250. The molecule has 0 saturated carbocycles. The average molecular weight is 407 g/mol. The van der Waals surface area contributed by atoms with Crippen LogP contribution in [-0.4, -0.2) is 33.9 Å². The van der Waals surface area contributed by atoms with Gasteiger partial charge in [0.1, 0.15) is 17.4 Å². The lowest BCUT2D eigenvalue weighted by Gasteiger charge is -2.22. The second kappa shape index (κ2) is 6.97. The molecule has 0 aliphatic heterocycles. The highest BCUT2D eigenvalue weighted by atomic mass is 127. The second-order valence-corrected chi connectivity index (χ2v) is 6.68. The predicted octanol–water partition coefficient (Wildman–Crippen LogP) is 2.52. The molecule has 1 atom stereocenters. The fourth-order valence-electron chi connectivity index (χ4n) is 1.57. The fourth-order valence-corrected chi connectivity index (χ4v) is 2.29. The molecule has 0 aliphatic carbocycles. The number of carboxylic acid groups (broad SMARTS) is 1. The lowest BCUT2D eigenvalue weighted by Crippen LogP contribution is -2.44. The smallest absolute Gasteiger partial charge is 0.408 e. The monoisotopic (exact) mass is 407 g/mol. The molecule has 0 radical (unpaired) electrons. The molecule has 0 bridgehead atoms. The van der Waals surface area contributed by atoms with Crippen LogP contribution in [0.3, 0.4) is 0 Å². The van der Waals surface area contributed by atoms with E-state index in [9.17, 15) is 19.8 Å². The molecule has 116 valence electrons. The lowest BCUT2D eigenvalue weighted by atomic mass is 10.1. The van der Waals surface area contributed by atoms with Gasteiger partial charge in [-0.25, -0.2) is 9.59 Å². The Hall–Kier alpha value is -1.51. The van der Waals surface area contributed by atoms with Crippen molar-refractivity contribution in [2.24, 2.45) is 0 Å². The number of phenols is 1. The number of carbonyl (C=O) groups excluding carboxylic acids is 1. The number of ether oxygens (including phenoxy) is 1. The quantitative estimate of drug-likeness (QED) is 0.667. The topological polar surface area (TPSA) is 95.9 Å². The van der Waals surface area contributed by atoms with Gasteiger partial charge >= 0.3 is 12.1 Å². The Kier molecular flexibility index (Phi) is 5.82. The first-order chi connectivity index (χ1) is 9.58. The minimum absolute atomic E-state index is 0.104. The Balaban J connectivity index is 2.79. The SMILES string of the molecule is CC(C)(C)OC(=O)NC(Cc1ccc(O)cc1I)C(=O)O. The highest BCUT2D eigenvalue weighted by Gasteiger charge is 2.24. The van der Waals surface area contributed by atoms with Crippen LogP contribution in [0.4, 0.5) is 4.79 Å². The van der Waals surface area contributed by atoms with Crippen molar-refractivity contribution in [3.8, 4) is 5.75 Å². The summed E-state index contributed by atoms with van der Waals surface area (Å²) in [4.78, 5) is 22.9. The molecular weight excluding hydrogens is 389 g/mol. The Morgan fingerprint density at radius 2 is 2.00 bits per heavy atom. The van der Waals surface area contributed by atoms with Gasteiger partial charge in [-0.05, 0) is 61.1 Å². The molecule has 0 fully saturated rings. The van der Waals surface area contributed by atoms with E-state index in [4.69, 9.17) is 4.74 Å². The molecule has 3 N–H and O–H groups in total. The maximum Gasteiger partial charge on any atom is 0.408 e. The molecule has 1 aromatic carbocycles. The zero-order chi connectivity index (χ0) is 16.2. The van der Waals surface area contributed by atoms with Crippen molar-refractivity contribution in [2.45, 2.75) is 38.8 Å². The van der Waals surface area contributed by atoms with Crippen molar-refractivity contribution in [1.82, 2.24) is 5.32 Å². The minimum atomic E-state index is -1.15. The van der Waals surface area contributed by atoms with E-state index in [1.54, 1.807) is 26.8 Å². The van der Waals surface area contributed by atoms with Crippen molar-refractivity contribution in [3.05, 3.63) is 27.3 Å². The Morgan fingerprint density at radius 1 is 1.38 bits per heavy atom. The standard InChI is InChI=1S/C14H18INO5/c1-14(2,3)21-13(20)16-11(12(18)19)6-8-4-5-9(17)7-10(8)15/h4-5,7,11,17H,6H2,1-3H3,(H,16,20)(H,18,19). The number of carboxylic acids is 1. The Bertz CT molecular complexity index is 539. The van der Waals surface area contributed by atoms with E-state index in [1.165, 1.54) is 12.1 Å². The Labute approximate surface area is 136 Å². The third-order valence-corrected chi connectivity index (χ3v) is 3.45. The molecule has 7 heteroatoms. The van der Waals surface area contributed by atoms with Crippen molar-refractivity contribution in [1.29, 1.82) is 0 Å². The van der Waals surface area contributed by atoms with Crippen LogP contribution in [0, 0.1) is 3.57 Å². The normalized spacial score (nSPS) is 12.6. The summed E-state index contributed by atoms with van der Waals surface area (Å²) in [6.07, 6.45) is -0.670. The van der Waals surface area contributed by atoms with Gasteiger partial charge < -0.3 is 20.3 Å². The molecular formula is C14H18INO5. The maximum absolute atomic E-state index is 11.7. The number of aromatic hydroxyl groups is 1. The first-order valence-corrected chi connectivity index (χ1v) is 7.36. The van der Waals surface area contributed by atoms with Crippen LogP contribution in [0.2, 0.25) is 0 Å².